The number of hydrogen-bond donors (Lipinski definition) is 2. The van der Waals surface area contributed by atoms with E-state index in [2.05, 4.69) is 5.32 Å². The summed E-state index contributed by atoms with van der Waals surface area (Å²) in [5, 5.41) is 2.76. The predicted molar refractivity (Wildman–Crippen MR) is 87.6 cm³/mol. The van der Waals surface area contributed by atoms with E-state index in [0.29, 0.717) is 18.8 Å². The minimum Gasteiger partial charge on any atom is -0.381 e. The molecule has 2 unspecified atom stereocenters. The number of carbonyl (C=O) groups excluding carboxylic acids is 1. The van der Waals surface area contributed by atoms with Gasteiger partial charge in [0.1, 0.15) is 10.7 Å². The van der Waals surface area contributed by atoms with E-state index >= 15 is 0 Å². The average Bonchev–Trinajstić information content (AvgIpc) is 2.53. The lowest BCUT2D eigenvalue weighted by molar-refractivity contribution is -0.125. The summed E-state index contributed by atoms with van der Waals surface area (Å²) in [4.78, 5) is 11.9. The highest BCUT2D eigenvalue weighted by Crippen LogP contribution is 2.22. The number of sulfone groups is 1. The summed E-state index contributed by atoms with van der Waals surface area (Å²) in [5.41, 5.74) is 6.49. The molecule has 3 N–H and O–H groups in total. The van der Waals surface area contributed by atoms with Crippen LogP contribution in [-0.4, -0.2) is 39.8 Å². The summed E-state index contributed by atoms with van der Waals surface area (Å²) in [7, 11) is -3.62. The van der Waals surface area contributed by atoms with Crippen molar-refractivity contribution in [3.05, 3.63) is 29.6 Å². The molecule has 0 spiro atoms. The smallest absolute Gasteiger partial charge is 0.237 e. The standard InChI is InChI=1S/C16H23FN2O4S/c1-10(12-3-4-14(13(17)9-12)24(2,21)22)19-16(20)15(18)11-5-7-23-8-6-11/h3-4,9-11,15H,5-8,18H2,1-2H3,(H,19,20). The number of carbonyl (C=O) groups is 1. The van der Waals surface area contributed by atoms with Crippen LogP contribution in [0.25, 0.3) is 0 Å². The SMILES string of the molecule is CC(NC(=O)C(N)C1CCOCC1)c1ccc(S(C)(=O)=O)c(F)c1. The van der Waals surface area contributed by atoms with Crippen molar-refractivity contribution < 1.29 is 22.3 Å². The van der Waals surface area contributed by atoms with Gasteiger partial charge in [-0.15, -0.1) is 0 Å². The van der Waals surface area contributed by atoms with Crippen LogP contribution in [0.1, 0.15) is 31.4 Å². The summed E-state index contributed by atoms with van der Waals surface area (Å²) in [5.74, 6) is -1.07. The van der Waals surface area contributed by atoms with Gasteiger partial charge >= 0.3 is 0 Å². The Bertz CT molecular complexity index is 702. The van der Waals surface area contributed by atoms with Crippen molar-refractivity contribution >= 4 is 15.7 Å². The minimum atomic E-state index is -3.62. The van der Waals surface area contributed by atoms with Crippen molar-refractivity contribution in [1.29, 1.82) is 0 Å². The molecule has 0 radical (unpaired) electrons. The molecule has 134 valence electrons. The van der Waals surface area contributed by atoms with Gasteiger partial charge in [-0.1, -0.05) is 6.07 Å². The highest BCUT2D eigenvalue weighted by molar-refractivity contribution is 7.90. The zero-order valence-corrected chi connectivity index (χ0v) is 14.6. The summed E-state index contributed by atoms with van der Waals surface area (Å²) in [6.07, 6.45) is 2.42. The first kappa shape index (κ1) is 18.8. The summed E-state index contributed by atoms with van der Waals surface area (Å²) >= 11 is 0. The molecule has 0 aromatic heterocycles. The molecule has 1 heterocycles. The largest absolute Gasteiger partial charge is 0.381 e. The lowest BCUT2D eigenvalue weighted by atomic mass is 9.91. The Balaban J connectivity index is 2.05. The maximum absolute atomic E-state index is 14.0. The third kappa shape index (κ3) is 4.52. The summed E-state index contributed by atoms with van der Waals surface area (Å²) in [6.45, 7) is 2.89. The molecule has 1 saturated heterocycles. The van der Waals surface area contributed by atoms with Crippen molar-refractivity contribution in [2.45, 2.75) is 36.7 Å². The van der Waals surface area contributed by atoms with E-state index in [4.69, 9.17) is 10.5 Å². The molecular formula is C16H23FN2O4S. The molecule has 1 amide bonds. The fraction of sp³-hybridized carbons (Fsp3) is 0.562. The van der Waals surface area contributed by atoms with Gasteiger partial charge in [0, 0.05) is 19.5 Å². The maximum Gasteiger partial charge on any atom is 0.237 e. The van der Waals surface area contributed by atoms with Gasteiger partial charge in [0.05, 0.1) is 12.1 Å². The monoisotopic (exact) mass is 358 g/mol. The van der Waals surface area contributed by atoms with Gasteiger partial charge in [-0.2, -0.15) is 0 Å². The van der Waals surface area contributed by atoms with E-state index < -0.39 is 27.7 Å². The number of amides is 1. The van der Waals surface area contributed by atoms with Crippen LogP contribution in [0.15, 0.2) is 23.1 Å². The molecule has 8 heteroatoms. The number of ether oxygens (including phenoxy) is 1. The van der Waals surface area contributed by atoms with Gasteiger partial charge in [0.25, 0.3) is 0 Å². The second kappa shape index (κ2) is 7.58. The molecule has 2 atom stereocenters. The fourth-order valence-corrected chi connectivity index (χ4v) is 3.50. The van der Waals surface area contributed by atoms with Crippen LogP contribution in [0.5, 0.6) is 0 Å². The quantitative estimate of drug-likeness (QED) is 0.823. The fourth-order valence-electron chi connectivity index (χ4n) is 2.77. The molecule has 24 heavy (non-hydrogen) atoms. The van der Waals surface area contributed by atoms with E-state index in [-0.39, 0.29) is 16.7 Å². The molecule has 2 rings (SSSR count). The number of nitrogens with two attached hydrogens (primary N) is 1. The number of benzene rings is 1. The average molecular weight is 358 g/mol. The number of hydrogen-bond acceptors (Lipinski definition) is 5. The normalized spacial score (nSPS) is 18.8. The van der Waals surface area contributed by atoms with Crippen LogP contribution in [0.2, 0.25) is 0 Å². The topological polar surface area (TPSA) is 98.5 Å². The van der Waals surface area contributed by atoms with Gasteiger partial charge in [-0.3, -0.25) is 4.79 Å². The van der Waals surface area contributed by atoms with Gasteiger partial charge in [-0.05, 0) is 43.4 Å². The minimum absolute atomic E-state index is 0.0651. The van der Waals surface area contributed by atoms with Crippen LogP contribution in [0.3, 0.4) is 0 Å². The lowest BCUT2D eigenvalue weighted by Crippen LogP contribution is -2.47. The summed E-state index contributed by atoms with van der Waals surface area (Å²) < 4.78 is 42.1. The van der Waals surface area contributed by atoms with Crippen LogP contribution in [0, 0.1) is 11.7 Å². The molecule has 1 aliphatic rings. The van der Waals surface area contributed by atoms with Crippen molar-refractivity contribution in [3.8, 4) is 0 Å². The molecule has 1 aromatic rings. The van der Waals surface area contributed by atoms with E-state index in [0.717, 1.165) is 25.2 Å². The Morgan fingerprint density at radius 2 is 2.00 bits per heavy atom. The lowest BCUT2D eigenvalue weighted by Gasteiger charge is -2.28. The van der Waals surface area contributed by atoms with Gasteiger partial charge in [-0.25, -0.2) is 12.8 Å². The van der Waals surface area contributed by atoms with Gasteiger partial charge in [0.2, 0.25) is 5.91 Å². The van der Waals surface area contributed by atoms with Crippen LogP contribution < -0.4 is 11.1 Å². The molecule has 1 aliphatic heterocycles. The van der Waals surface area contributed by atoms with Gasteiger partial charge in [0.15, 0.2) is 9.84 Å². The van der Waals surface area contributed by atoms with Crippen LogP contribution in [-0.2, 0) is 19.4 Å². The Morgan fingerprint density at radius 3 is 2.54 bits per heavy atom. The number of halogens is 1. The molecular weight excluding hydrogens is 335 g/mol. The van der Waals surface area contributed by atoms with E-state index in [1.54, 1.807) is 6.92 Å². The molecule has 1 aromatic carbocycles. The zero-order chi connectivity index (χ0) is 17.9. The van der Waals surface area contributed by atoms with Crippen molar-refractivity contribution in [2.24, 2.45) is 11.7 Å². The van der Waals surface area contributed by atoms with Crippen molar-refractivity contribution in [1.82, 2.24) is 5.32 Å². The molecule has 6 nitrogen and oxygen atoms in total. The van der Waals surface area contributed by atoms with Crippen LogP contribution >= 0.6 is 0 Å². The Kier molecular flexibility index (Phi) is 5.95. The number of nitrogens with one attached hydrogen (secondary N) is 1. The zero-order valence-electron chi connectivity index (χ0n) is 13.8. The highest BCUT2D eigenvalue weighted by atomic mass is 32.2. The van der Waals surface area contributed by atoms with E-state index in [9.17, 15) is 17.6 Å². The first-order valence-electron chi connectivity index (χ1n) is 7.83. The second-order valence-corrected chi connectivity index (χ2v) is 8.15. The predicted octanol–water partition coefficient (Wildman–Crippen LogP) is 1.16. The first-order valence-corrected chi connectivity index (χ1v) is 9.72. The first-order chi connectivity index (χ1) is 11.2. The third-order valence-corrected chi connectivity index (χ3v) is 5.42. The maximum atomic E-state index is 14.0. The Hall–Kier alpha value is -1.51. The summed E-state index contributed by atoms with van der Waals surface area (Å²) in [6, 6.07) is 2.70. The molecule has 0 aliphatic carbocycles. The second-order valence-electron chi connectivity index (χ2n) is 6.17. The number of rotatable bonds is 5. The Labute approximate surface area is 141 Å². The van der Waals surface area contributed by atoms with Crippen molar-refractivity contribution in [3.63, 3.8) is 0 Å². The highest BCUT2D eigenvalue weighted by Gasteiger charge is 2.27. The van der Waals surface area contributed by atoms with Crippen LogP contribution in [0.4, 0.5) is 4.39 Å². The van der Waals surface area contributed by atoms with E-state index in [1.165, 1.54) is 12.1 Å². The molecule has 0 bridgehead atoms. The molecule has 1 fully saturated rings. The van der Waals surface area contributed by atoms with Crippen molar-refractivity contribution in [2.75, 3.05) is 19.5 Å². The van der Waals surface area contributed by atoms with Gasteiger partial charge < -0.3 is 15.8 Å². The Morgan fingerprint density at radius 1 is 1.38 bits per heavy atom. The molecule has 0 saturated carbocycles. The third-order valence-electron chi connectivity index (χ3n) is 4.29. The van der Waals surface area contributed by atoms with E-state index in [1.807, 2.05) is 0 Å².